The van der Waals surface area contributed by atoms with Gasteiger partial charge in [0.25, 0.3) is 0 Å². The highest BCUT2D eigenvalue weighted by Gasteiger charge is 2.54. The minimum atomic E-state index is -2.59. The Morgan fingerprint density at radius 1 is 0.929 bits per heavy atom. The standard InChI is InChI=1S/C23H41F2NO2/c1-20(2,3)26-15-22(16-26)13-17(14-22)7-8-23(24,25)9-10-27-18-11-19(12-18)28-21(4,5)6/h17-19H,7-16H2,1-6H3. The molecular formula is C23H41F2NO2. The molecule has 0 aromatic heterocycles. The Morgan fingerprint density at radius 3 is 2.07 bits per heavy atom. The van der Waals surface area contributed by atoms with E-state index in [0.717, 1.165) is 38.8 Å². The third kappa shape index (κ3) is 5.89. The summed E-state index contributed by atoms with van der Waals surface area (Å²) in [6.45, 7) is 15.3. The maximum Gasteiger partial charge on any atom is 0.250 e. The van der Waals surface area contributed by atoms with Crippen molar-refractivity contribution in [2.24, 2.45) is 11.3 Å². The molecule has 0 aromatic rings. The quantitative estimate of drug-likeness (QED) is 0.523. The van der Waals surface area contributed by atoms with Crippen LogP contribution in [0.5, 0.6) is 0 Å². The molecule has 0 unspecified atom stereocenters. The highest BCUT2D eigenvalue weighted by atomic mass is 19.3. The molecule has 1 saturated heterocycles. The van der Waals surface area contributed by atoms with Gasteiger partial charge in [0, 0.05) is 31.5 Å². The molecule has 0 radical (unpaired) electrons. The van der Waals surface area contributed by atoms with Gasteiger partial charge in [0.2, 0.25) is 5.92 Å². The Balaban J connectivity index is 1.23. The first-order valence-corrected chi connectivity index (χ1v) is 11.2. The molecule has 2 aliphatic carbocycles. The van der Waals surface area contributed by atoms with Crippen molar-refractivity contribution in [2.75, 3.05) is 19.7 Å². The largest absolute Gasteiger partial charge is 0.378 e. The number of halogens is 2. The van der Waals surface area contributed by atoms with Crippen LogP contribution in [0, 0.1) is 11.3 Å². The van der Waals surface area contributed by atoms with Crippen LogP contribution < -0.4 is 0 Å². The highest BCUT2D eigenvalue weighted by molar-refractivity contribution is 5.06. The van der Waals surface area contributed by atoms with Crippen LogP contribution in [0.2, 0.25) is 0 Å². The summed E-state index contributed by atoms with van der Waals surface area (Å²) < 4.78 is 39.9. The molecule has 0 N–H and O–H groups in total. The van der Waals surface area contributed by atoms with E-state index in [4.69, 9.17) is 9.47 Å². The van der Waals surface area contributed by atoms with E-state index in [9.17, 15) is 8.78 Å². The Labute approximate surface area is 170 Å². The van der Waals surface area contributed by atoms with Crippen LogP contribution in [0.25, 0.3) is 0 Å². The van der Waals surface area contributed by atoms with E-state index in [-0.39, 0.29) is 42.8 Å². The van der Waals surface area contributed by atoms with Gasteiger partial charge < -0.3 is 9.47 Å². The average Bonchev–Trinajstić information content (AvgIpc) is 2.38. The molecule has 0 amide bonds. The Kier molecular flexibility index (Phi) is 6.23. The van der Waals surface area contributed by atoms with Crippen molar-refractivity contribution in [3.05, 3.63) is 0 Å². The fourth-order valence-electron chi connectivity index (χ4n) is 5.03. The van der Waals surface area contributed by atoms with Gasteiger partial charge in [0.1, 0.15) is 0 Å². The molecule has 0 atom stereocenters. The smallest absolute Gasteiger partial charge is 0.250 e. The molecule has 3 rings (SSSR count). The van der Waals surface area contributed by atoms with Crippen LogP contribution in [0.4, 0.5) is 8.78 Å². The minimum absolute atomic E-state index is 0.0144. The maximum atomic E-state index is 14.2. The van der Waals surface area contributed by atoms with Crippen molar-refractivity contribution in [2.45, 2.75) is 116 Å². The Hall–Kier alpha value is -0.260. The second kappa shape index (κ2) is 7.77. The van der Waals surface area contributed by atoms with Crippen LogP contribution >= 0.6 is 0 Å². The van der Waals surface area contributed by atoms with Crippen LogP contribution in [0.1, 0.15) is 86.5 Å². The van der Waals surface area contributed by atoms with E-state index in [0.29, 0.717) is 17.8 Å². The van der Waals surface area contributed by atoms with Gasteiger partial charge in [-0.1, -0.05) is 0 Å². The number of alkyl halides is 2. The molecule has 5 heteroatoms. The first kappa shape index (κ1) is 22.4. The molecule has 1 spiro atoms. The molecule has 3 nitrogen and oxygen atoms in total. The molecule has 0 bridgehead atoms. The predicted octanol–water partition coefficient (Wildman–Crippen LogP) is 5.67. The van der Waals surface area contributed by atoms with Crippen molar-refractivity contribution in [3.63, 3.8) is 0 Å². The number of ether oxygens (including phenoxy) is 2. The van der Waals surface area contributed by atoms with Gasteiger partial charge in [-0.05, 0) is 85.0 Å². The summed E-state index contributed by atoms with van der Waals surface area (Å²) in [6, 6.07) is 0. The third-order valence-electron chi connectivity index (χ3n) is 6.76. The average molecular weight is 402 g/mol. The van der Waals surface area contributed by atoms with Crippen molar-refractivity contribution in [1.29, 1.82) is 0 Å². The molecule has 3 aliphatic rings. The van der Waals surface area contributed by atoms with Gasteiger partial charge in [0.05, 0.1) is 24.4 Å². The first-order chi connectivity index (χ1) is 12.8. The first-order valence-electron chi connectivity index (χ1n) is 11.2. The van der Waals surface area contributed by atoms with Gasteiger partial charge in [-0.3, -0.25) is 4.90 Å². The number of likely N-dealkylation sites (tertiary alicyclic amines) is 1. The lowest BCUT2D eigenvalue weighted by molar-refractivity contribution is -0.156. The molecule has 2 saturated carbocycles. The van der Waals surface area contributed by atoms with Crippen LogP contribution in [0.15, 0.2) is 0 Å². The van der Waals surface area contributed by atoms with Crippen molar-refractivity contribution < 1.29 is 18.3 Å². The van der Waals surface area contributed by atoms with Gasteiger partial charge in [-0.2, -0.15) is 0 Å². The summed E-state index contributed by atoms with van der Waals surface area (Å²) >= 11 is 0. The molecule has 0 aromatic carbocycles. The van der Waals surface area contributed by atoms with E-state index < -0.39 is 5.92 Å². The number of nitrogens with zero attached hydrogens (tertiary/aromatic N) is 1. The second-order valence-corrected chi connectivity index (χ2v) is 11.8. The number of rotatable bonds is 8. The van der Waals surface area contributed by atoms with Gasteiger partial charge in [-0.15, -0.1) is 0 Å². The van der Waals surface area contributed by atoms with Crippen molar-refractivity contribution in [3.8, 4) is 0 Å². The molecule has 3 fully saturated rings. The molecule has 164 valence electrons. The molecule has 1 aliphatic heterocycles. The Bertz CT molecular complexity index is 518. The summed E-state index contributed by atoms with van der Waals surface area (Å²) in [6.07, 6.45) is 4.79. The van der Waals surface area contributed by atoms with Crippen LogP contribution in [-0.2, 0) is 9.47 Å². The molecular weight excluding hydrogens is 360 g/mol. The van der Waals surface area contributed by atoms with E-state index >= 15 is 0 Å². The fourth-order valence-corrected chi connectivity index (χ4v) is 5.03. The number of hydrogen-bond acceptors (Lipinski definition) is 3. The van der Waals surface area contributed by atoms with Gasteiger partial charge in [-0.25, -0.2) is 8.78 Å². The topological polar surface area (TPSA) is 21.7 Å². The lowest BCUT2D eigenvalue weighted by Crippen LogP contribution is -2.66. The van der Waals surface area contributed by atoms with Crippen molar-refractivity contribution >= 4 is 0 Å². The van der Waals surface area contributed by atoms with E-state index in [1.54, 1.807) is 0 Å². The van der Waals surface area contributed by atoms with Gasteiger partial charge in [0.15, 0.2) is 0 Å². The van der Waals surface area contributed by atoms with Crippen LogP contribution in [0.3, 0.4) is 0 Å². The fraction of sp³-hybridized carbons (Fsp3) is 1.00. The van der Waals surface area contributed by atoms with Crippen LogP contribution in [-0.4, -0.2) is 53.9 Å². The third-order valence-corrected chi connectivity index (χ3v) is 6.76. The lowest BCUT2D eigenvalue weighted by Gasteiger charge is -2.63. The second-order valence-electron chi connectivity index (χ2n) is 11.8. The van der Waals surface area contributed by atoms with E-state index in [1.807, 2.05) is 20.8 Å². The van der Waals surface area contributed by atoms with E-state index in [2.05, 4.69) is 25.7 Å². The lowest BCUT2D eigenvalue weighted by atomic mass is 9.56. The summed E-state index contributed by atoms with van der Waals surface area (Å²) in [5.41, 5.74) is 0.544. The highest BCUT2D eigenvalue weighted by Crippen LogP contribution is 2.55. The zero-order valence-electron chi connectivity index (χ0n) is 18.8. The van der Waals surface area contributed by atoms with E-state index in [1.165, 1.54) is 0 Å². The normalized spacial score (nSPS) is 28.7. The zero-order chi connectivity index (χ0) is 20.8. The SMILES string of the molecule is CC(C)(C)OC1CC(OCCC(F)(F)CCC2CC3(C2)CN(C(C)(C)C)C3)C1. The van der Waals surface area contributed by atoms with Crippen molar-refractivity contribution in [1.82, 2.24) is 4.90 Å². The summed E-state index contributed by atoms with van der Waals surface area (Å²) in [5.74, 6) is -2.10. The summed E-state index contributed by atoms with van der Waals surface area (Å²) in [7, 11) is 0. The summed E-state index contributed by atoms with van der Waals surface area (Å²) in [5, 5.41) is 0. The minimum Gasteiger partial charge on any atom is -0.378 e. The summed E-state index contributed by atoms with van der Waals surface area (Å²) in [4.78, 5) is 2.51. The molecule has 1 heterocycles. The monoisotopic (exact) mass is 401 g/mol. The number of hydrogen-bond donors (Lipinski definition) is 0. The Morgan fingerprint density at radius 2 is 1.54 bits per heavy atom. The molecule has 28 heavy (non-hydrogen) atoms. The predicted molar refractivity (Wildman–Crippen MR) is 109 cm³/mol. The van der Waals surface area contributed by atoms with Gasteiger partial charge >= 0.3 is 0 Å². The zero-order valence-corrected chi connectivity index (χ0v) is 18.8. The maximum absolute atomic E-state index is 14.2.